The van der Waals surface area contributed by atoms with E-state index < -0.39 is 0 Å². The minimum atomic E-state index is 0.589. The van der Waals surface area contributed by atoms with E-state index in [-0.39, 0.29) is 0 Å². The van der Waals surface area contributed by atoms with Crippen molar-refractivity contribution in [2.45, 2.75) is 0 Å². The molecule has 2 aliphatic rings. The van der Waals surface area contributed by atoms with Crippen LogP contribution in [-0.2, 0) is 0 Å². The van der Waals surface area contributed by atoms with Crippen molar-refractivity contribution in [1.82, 2.24) is 0 Å². The van der Waals surface area contributed by atoms with E-state index in [0.29, 0.717) is 11.5 Å². The molecule has 0 amide bonds. The third-order valence-corrected chi connectivity index (χ3v) is 8.19. The van der Waals surface area contributed by atoms with Gasteiger partial charge in [-0.3, -0.25) is 4.90 Å². The smallest absolute Gasteiger partial charge is 0.134 e. The zero-order valence-corrected chi connectivity index (χ0v) is 19.2. The normalized spacial score (nSPS) is 16.3. The van der Waals surface area contributed by atoms with Crippen molar-refractivity contribution in [3.63, 3.8) is 0 Å². The Morgan fingerprint density at radius 1 is 0.765 bits per heavy atom. The molecule has 0 aliphatic carbocycles. The Morgan fingerprint density at radius 3 is 2.41 bits per heavy atom. The Hall–Kier alpha value is -4.28. The minimum Gasteiger partial charge on any atom is -0.394 e. The zero-order chi connectivity index (χ0) is 23.0. The van der Waals surface area contributed by atoms with Crippen LogP contribution in [0.25, 0.3) is 43.6 Å². The Balaban J connectivity index is 1.52. The second-order valence-corrected chi connectivity index (χ2v) is 9.77. The fraction of sp³-hybridized carbons (Fsp3) is 0. The van der Waals surface area contributed by atoms with Gasteiger partial charge in [-0.25, -0.2) is 0 Å². The van der Waals surface area contributed by atoms with Crippen LogP contribution < -0.4 is 16.4 Å². The van der Waals surface area contributed by atoms with Gasteiger partial charge in [-0.1, -0.05) is 79.4 Å². The van der Waals surface area contributed by atoms with Crippen molar-refractivity contribution in [3.8, 4) is 11.1 Å². The molecule has 0 radical (unpaired) electrons. The summed E-state index contributed by atoms with van der Waals surface area (Å²) in [5, 5.41) is 3.69. The van der Waals surface area contributed by atoms with E-state index in [4.69, 9.17) is 11.5 Å². The number of hydrogen-bond acceptors (Lipinski definition) is 4. The highest BCUT2D eigenvalue weighted by atomic mass is 32.1. The summed E-state index contributed by atoms with van der Waals surface area (Å²) in [6.45, 7) is 4.53. The van der Waals surface area contributed by atoms with Gasteiger partial charge in [0.25, 0.3) is 0 Å². The van der Waals surface area contributed by atoms with Crippen LogP contribution in [-0.4, -0.2) is 0 Å². The standard InChI is InChI=1S/C30H21N3S/c1-17-21-9-4-5-12-25(21)33-26(27(31)30(33)32)16-24-23-11-6-10-22(29(23)34-28(17)24)20-14-13-18-7-2-3-8-19(18)15-20/h2-16H,1,31-32H2/b26-16-. The van der Waals surface area contributed by atoms with Crippen LogP contribution in [0.3, 0.4) is 0 Å². The summed E-state index contributed by atoms with van der Waals surface area (Å²) in [7, 11) is 0. The lowest BCUT2D eigenvalue weighted by molar-refractivity contribution is 0.919. The van der Waals surface area contributed by atoms with E-state index >= 15 is 0 Å². The zero-order valence-electron chi connectivity index (χ0n) is 18.4. The largest absolute Gasteiger partial charge is 0.394 e. The number of fused-ring (bicyclic) bond motifs is 7. The highest BCUT2D eigenvalue weighted by Crippen LogP contribution is 2.49. The average Bonchev–Trinajstić information content (AvgIpc) is 3.25. The van der Waals surface area contributed by atoms with Crippen LogP contribution in [0.15, 0.2) is 109 Å². The lowest BCUT2D eigenvalue weighted by Gasteiger charge is -2.39. The van der Waals surface area contributed by atoms with Crippen LogP contribution in [0.5, 0.6) is 0 Å². The quantitative estimate of drug-likeness (QED) is 0.285. The van der Waals surface area contributed by atoms with E-state index in [1.807, 2.05) is 17.0 Å². The molecular weight excluding hydrogens is 434 g/mol. The van der Waals surface area contributed by atoms with Crippen LogP contribution in [0.4, 0.5) is 5.69 Å². The highest BCUT2D eigenvalue weighted by Gasteiger charge is 2.34. The molecule has 0 fully saturated rings. The lowest BCUT2D eigenvalue weighted by atomic mass is 9.92. The number of thiophene rings is 1. The Labute approximate surface area is 201 Å². The van der Waals surface area contributed by atoms with Crippen molar-refractivity contribution < 1.29 is 0 Å². The maximum Gasteiger partial charge on any atom is 0.134 e. The Kier molecular flexibility index (Phi) is 3.88. The van der Waals surface area contributed by atoms with E-state index in [0.717, 1.165) is 28.1 Å². The van der Waals surface area contributed by atoms with Crippen molar-refractivity contribution in [2.24, 2.45) is 11.5 Å². The monoisotopic (exact) mass is 455 g/mol. The van der Waals surface area contributed by atoms with E-state index in [1.165, 1.54) is 36.9 Å². The maximum absolute atomic E-state index is 6.36. The predicted octanol–water partition coefficient (Wildman–Crippen LogP) is 7.04. The second-order valence-electron chi connectivity index (χ2n) is 8.75. The fourth-order valence-electron chi connectivity index (χ4n) is 5.12. The number of rotatable bonds is 1. The molecule has 0 saturated carbocycles. The predicted molar refractivity (Wildman–Crippen MR) is 145 cm³/mol. The number of hydrogen-bond donors (Lipinski definition) is 2. The van der Waals surface area contributed by atoms with Gasteiger partial charge in [0.1, 0.15) is 5.82 Å². The molecule has 4 aromatic carbocycles. The van der Waals surface area contributed by atoms with E-state index in [1.54, 1.807) is 11.3 Å². The molecule has 162 valence electrons. The van der Waals surface area contributed by atoms with Gasteiger partial charge in [-0.15, -0.1) is 11.3 Å². The third kappa shape index (κ3) is 2.51. The molecule has 2 aliphatic heterocycles. The number of nitrogens with zero attached hydrogens (tertiary/aromatic N) is 1. The van der Waals surface area contributed by atoms with Crippen molar-refractivity contribution in [3.05, 3.63) is 125 Å². The van der Waals surface area contributed by atoms with Gasteiger partial charge < -0.3 is 11.5 Å². The van der Waals surface area contributed by atoms with Crippen LogP contribution in [0.1, 0.15) is 16.0 Å². The molecule has 3 nitrogen and oxygen atoms in total. The SMILES string of the molecule is C=C1c2ccccc2N2C(N)=C(N)/C2=C/c2c1sc1c(-c3ccc4ccccc4c3)cccc21. The summed E-state index contributed by atoms with van der Waals surface area (Å²) >= 11 is 1.80. The van der Waals surface area contributed by atoms with Gasteiger partial charge in [0.05, 0.1) is 17.1 Å². The summed E-state index contributed by atoms with van der Waals surface area (Å²) in [4.78, 5) is 3.20. The van der Waals surface area contributed by atoms with Crippen molar-refractivity contribution >= 4 is 49.5 Å². The van der Waals surface area contributed by atoms with E-state index in [2.05, 4.69) is 85.5 Å². The van der Waals surface area contributed by atoms with Crippen LogP contribution >= 0.6 is 11.3 Å². The molecule has 0 bridgehead atoms. The lowest BCUT2D eigenvalue weighted by Crippen LogP contribution is -2.42. The van der Waals surface area contributed by atoms with Gasteiger partial charge >= 0.3 is 0 Å². The van der Waals surface area contributed by atoms with Crippen molar-refractivity contribution in [2.75, 3.05) is 4.90 Å². The molecule has 0 atom stereocenters. The number of nitrogens with two attached hydrogens (primary N) is 2. The molecule has 1 aromatic heterocycles. The van der Waals surface area contributed by atoms with E-state index in [9.17, 15) is 0 Å². The Morgan fingerprint density at radius 2 is 1.53 bits per heavy atom. The number of benzene rings is 4. The topological polar surface area (TPSA) is 55.3 Å². The molecule has 0 unspecified atom stereocenters. The number of para-hydroxylation sites is 1. The highest BCUT2D eigenvalue weighted by molar-refractivity contribution is 7.21. The summed E-state index contributed by atoms with van der Waals surface area (Å²) in [5.74, 6) is 0.589. The minimum absolute atomic E-state index is 0.589. The molecule has 4 N–H and O–H groups in total. The van der Waals surface area contributed by atoms with Crippen molar-refractivity contribution in [1.29, 1.82) is 0 Å². The molecule has 0 spiro atoms. The first-order valence-corrected chi connectivity index (χ1v) is 12.0. The summed E-state index contributed by atoms with van der Waals surface area (Å²) < 4.78 is 1.25. The first-order chi connectivity index (χ1) is 16.6. The van der Waals surface area contributed by atoms with Gasteiger partial charge in [0.15, 0.2) is 0 Å². The average molecular weight is 456 g/mol. The molecule has 4 heteroatoms. The first kappa shape index (κ1) is 19.2. The van der Waals surface area contributed by atoms with Gasteiger partial charge in [-0.2, -0.15) is 0 Å². The summed E-state index contributed by atoms with van der Waals surface area (Å²) in [5.41, 5.74) is 20.9. The molecule has 0 saturated heterocycles. The molecule has 7 rings (SSSR count). The molecule has 3 heterocycles. The first-order valence-electron chi connectivity index (χ1n) is 11.2. The Bertz CT molecular complexity index is 1750. The molecule has 34 heavy (non-hydrogen) atoms. The van der Waals surface area contributed by atoms with Gasteiger partial charge in [0.2, 0.25) is 0 Å². The van der Waals surface area contributed by atoms with Crippen LogP contribution in [0.2, 0.25) is 0 Å². The van der Waals surface area contributed by atoms with Crippen LogP contribution in [0, 0.1) is 0 Å². The van der Waals surface area contributed by atoms with Gasteiger partial charge in [-0.05, 0) is 45.7 Å². The summed E-state index contributed by atoms with van der Waals surface area (Å²) in [6, 6.07) is 30.0. The number of anilines is 1. The molecule has 5 aromatic rings. The molecular formula is C30H21N3S. The third-order valence-electron chi connectivity index (χ3n) is 6.87. The summed E-state index contributed by atoms with van der Waals surface area (Å²) in [6.07, 6.45) is 2.17. The van der Waals surface area contributed by atoms with Gasteiger partial charge in [0, 0.05) is 26.1 Å². The second kappa shape index (κ2) is 6.86. The fourth-order valence-corrected chi connectivity index (χ4v) is 6.42. The maximum atomic E-state index is 6.36.